The van der Waals surface area contributed by atoms with E-state index in [2.05, 4.69) is 15.3 Å². The first kappa shape index (κ1) is 20.6. The van der Waals surface area contributed by atoms with Crippen molar-refractivity contribution in [1.82, 2.24) is 9.88 Å². The summed E-state index contributed by atoms with van der Waals surface area (Å²) in [5.41, 5.74) is -1.10. The van der Waals surface area contributed by atoms with Crippen LogP contribution in [0.15, 0.2) is 34.8 Å². The molecule has 0 bridgehead atoms. The first-order valence-corrected chi connectivity index (χ1v) is 9.88. The van der Waals surface area contributed by atoms with Gasteiger partial charge in [0, 0.05) is 25.0 Å². The van der Waals surface area contributed by atoms with Crippen LogP contribution in [0.25, 0.3) is 0 Å². The van der Waals surface area contributed by atoms with E-state index in [0.717, 1.165) is 30.0 Å². The van der Waals surface area contributed by atoms with Crippen LogP contribution in [0.2, 0.25) is 5.02 Å². The minimum atomic E-state index is -4.56. The normalized spacial score (nSPS) is 18.8. The molecular formula is C16H12ClF3N4O2S2. The van der Waals surface area contributed by atoms with Gasteiger partial charge in [-0.1, -0.05) is 23.4 Å². The van der Waals surface area contributed by atoms with E-state index in [0.29, 0.717) is 10.3 Å². The third-order valence-corrected chi connectivity index (χ3v) is 5.91. The molecule has 2 heterocycles. The largest absolute Gasteiger partial charge is 0.416 e. The average molecular weight is 449 g/mol. The van der Waals surface area contributed by atoms with Crippen LogP contribution >= 0.6 is 34.7 Å². The van der Waals surface area contributed by atoms with E-state index in [9.17, 15) is 22.8 Å². The molecule has 1 saturated heterocycles. The number of alkyl halides is 3. The number of rotatable bonds is 4. The average Bonchev–Trinajstić information content (AvgIpc) is 3.21. The summed E-state index contributed by atoms with van der Waals surface area (Å²) in [5.74, 6) is -0.957. The number of thioether (sulfide) groups is 1. The highest BCUT2D eigenvalue weighted by Gasteiger charge is 2.37. The van der Waals surface area contributed by atoms with Gasteiger partial charge in [0.2, 0.25) is 16.9 Å². The molecule has 2 amide bonds. The van der Waals surface area contributed by atoms with E-state index in [4.69, 9.17) is 11.6 Å². The molecule has 0 radical (unpaired) electrons. The van der Waals surface area contributed by atoms with Crippen LogP contribution in [0.1, 0.15) is 12.0 Å². The predicted molar refractivity (Wildman–Crippen MR) is 103 cm³/mol. The highest BCUT2D eigenvalue weighted by Crippen LogP contribution is 2.35. The molecule has 1 unspecified atom stereocenters. The van der Waals surface area contributed by atoms with E-state index < -0.39 is 22.9 Å². The number of thiazole rings is 1. The van der Waals surface area contributed by atoms with Gasteiger partial charge >= 0.3 is 6.18 Å². The Balaban J connectivity index is 1.69. The van der Waals surface area contributed by atoms with E-state index in [1.807, 2.05) is 0 Å². The van der Waals surface area contributed by atoms with Gasteiger partial charge in [0.15, 0.2) is 5.17 Å². The second kappa shape index (κ2) is 8.10. The fraction of sp³-hybridized carbons (Fsp3) is 0.250. The van der Waals surface area contributed by atoms with Gasteiger partial charge in [-0.25, -0.2) is 4.98 Å². The van der Waals surface area contributed by atoms with Crippen LogP contribution in [-0.4, -0.2) is 39.2 Å². The lowest BCUT2D eigenvalue weighted by atomic mass is 10.2. The van der Waals surface area contributed by atoms with Crippen LogP contribution in [0.5, 0.6) is 0 Å². The molecular weight excluding hydrogens is 437 g/mol. The van der Waals surface area contributed by atoms with Gasteiger partial charge in [-0.3, -0.25) is 14.5 Å². The first-order valence-electron chi connectivity index (χ1n) is 7.74. The van der Waals surface area contributed by atoms with E-state index >= 15 is 0 Å². The number of aromatic nitrogens is 1. The molecule has 0 spiro atoms. The van der Waals surface area contributed by atoms with Gasteiger partial charge in [0.25, 0.3) is 0 Å². The Morgan fingerprint density at radius 2 is 2.18 bits per heavy atom. The second-order valence-corrected chi connectivity index (χ2v) is 8.11. The molecule has 1 atom stereocenters. The second-order valence-electron chi connectivity index (χ2n) is 5.66. The third-order valence-electron chi connectivity index (χ3n) is 3.69. The summed E-state index contributed by atoms with van der Waals surface area (Å²) >= 11 is 8.27. The smallest absolute Gasteiger partial charge is 0.325 e. The summed E-state index contributed by atoms with van der Waals surface area (Å²) in [4.78, 5) is 34.2. The summed E-state index contributed by atoms with van der Waals surface area (Å²) in [5, 5.41) is 4.18. The molecule has 3 rings (SSSR count). The predicted octanol–water partition coefficient (Wildman–Crippen LogP) is 4.41. The zero-order valence-electron chi connectivity index (χ0n) is 14.2. The Labute approximate surface area is 170 Å². The van der Waals surface area contributed by atoms with Gasteiger partial charge in [-0.15, -0.1) is 11.3 Å². The molecule has 1 N–H and O–H groups in total. The van der Waals surface area contributed by atoms with Crippen molar-refractivity contribution in [2.75, 3.05) is 12.4 Å². The van der Waals surface area contributed by atoms with E-state index in [-0.39, 0.29) is 23.0 Å². The summed E-state index contributed by atoms with van der Waals surface area (Å²) in [6.07, 6.45) is -3.22. The maximum atomic E-state index is 12.8. The number of aliphatic imine (C=N–C) groups is 1. The molecule has 0 saturated carbocycles. The van der Waals surface area contributed by atoms with Gasteiger partial charge in [-0.05, 0) is 18.2 Å². The van der Waals surface area contributed by atoms with Gasteiger partial charge in [0.05, 0.1) is 16.3 Å². The Morgan fingerprint density at radius 3 is 2.82 bits per heavy atom. The number of amides is 2. The molecule has 2 aromatic rings. The van der Waals surface area contributed by atoms with Crippen molar-refractivity contribution in [3.8, 4) is 0 Å². The quantitative estimate of drug-likeness (QED) is 0.752. The fourth-order valence-electron chi connectivity index (χ4n) is 2.32. The van der Waals surface area contributed by atoms with Crippen molar-refractivity contribution >= 4 is 62.5 Å². The standard InChI is InChI=1S/C16H12ClF3N4O2S2/c1-24-13(26)11(28-15(24)23-14-21-4-5-27-14)7-12(25)22-10-6-8(16(18,19)20)2-3-9(10)17/h2-6,11H,7H2,1H3,(H,22,25). The highest BCUT2D eigenvalue weighted by molar-refractivity contribution is 8.15. The topological polar surface area (TPSA) is 74.7 Å². The van der Waals surface area contributed by atoms with Crippen molar-refractivity contribution in [2.24, 2.45) is 4.99 Å². The number of carbonyl (C=O) groups excluding carboxylic acids is 2. The number of nitrogens with one attached hydrogen (secondary N) is 1. The summed E-state index contributed by atoms with van der Waals surface area (Å²) in [7, 11) is 1.53. The lowest BCUT2D eigenvalue weighted by Crippen LogP contribution is -2.30. The molecule has 1 aromatic heterocycles. The number of hydrogen-bond acceptors (Lipinski definition) is 6. The number of hydrogen-bond donors (Lipinski definition) is 1. The molecule has 148 valence electrons. The van der Waals surface area contributed by atoms with Crippen molar-refractivity contribution < 1.29 is 22.8 Å². The lowest BCUT2D eigenvalue weighted by Gasteiger charge is -2.12. The van der Waals surface area contributed by atoms with Crippen LogP contribution in [0.4, 0.5) is 24.0 Å². The van der Waals surface area contributed by atoms with Gasteiger partial charge in [0.1, 0.15) is 5.25 Å². The number of halogens is 4. The first-order chi connectivity index (χ1) is 13.1. The maximum Gasteiger partial charge on any atom is 0.416 e. The molecule has 1 aliphatic heterocycles. The van der Waals surface area contributed by atoms with E-state index in [1.165, 1.54) is 23.3 Å². The van der Waals surface area contributed by atoms with Crippen molar-refractivity contribution in [3.05, 3.63) is 40.4 Å². The Bertz CT molecular complexity index is 934. The summed E-state index contributed by atoms with van der Waals surface area (Å²) < 4.78 is 38.5. The number of nitrogens with zero attached hydrogens (tertiary/aromatic N) is 3. The molecule has 28 heavy (non-hydrogen) atoms. The molecule has 12 heteroatoms. The highest BCUT2D eigenvalue weighted by atomic mass is 35.5. The number of amidine groups is 1. The van der Waals surface area contributed by atoms with E-state index in [1.54, 1.807) is 11.6 Å². The molecule has 0 aliphatic carbocycles. The number of anilines is 1. The molecule has 6 nitrogen and oxygen atoms in total. The summed E-state index contributed by atoms with van der Waals surface area (Å²) in [6, 6.07) is 2.64. The number of carbonyl (C=O) groups is 2. The molecule has 1 aromatic carbocycles. The summed E-state index contributed by atoms with van der Waals surface area (Å²) in [6.45, 7) is 0. The minimum Gasteiger partial charge on any atom is -0.325 e. The van der Waals surface area contributed by atoms with Crippen molar-refractivity contribution in [1.29, 1.82) is 0 Å². The van der Waals surface area contributed by atoms with Crippen LogP contribution in [-0.2, 0) is 15.8 Å². The zero-order valence-corrected chi connectivity index (χ0v) is 16.5. The van der Waals surface area contributed by atoms with Crippen LogP contribution in [0, 0.1) is 0 Å². The fourth-order valence-corrected chi connectivity index (χ4v) is 4.18. The van der Waals surface area contributed by atoms with Crippen LogP contribution in [0.3, 0.4) is 0 Å². The molecule has 1 fully saturated rings. The maximum absolute atomic E-state index is 12.8. The van der Waals surface area contributed by atoms with Gasteiger partial charge < -0.3 is 5.32 Å². The number of benzene rings is 1. The van der Waals surface area contributed by atoms with Crippen molar-refractivity contribution in [2.45, 2.75) is 17.8 Å². The van der Waals surface area contributed by atoms with Gasteiger partial charge in [-0.2, -0.15) is 18.2 Å². The van der Waals surface area contributed by atoms with Crippen LogP contribution < -0.4 is 5.32 Å². The Kier molecular flexibility index (Phi) is 5.96. The molecule has 1 aliphatic rings. The van der Waals surface area contributed by atoms with Crippen molar-refractivity contribution in [3.63, 3.8) is 0 Å². The minimum absolute atomic E-state index is 0.0325. The lowest BCUT2D eigenvalue weighted by molar-refractivity contribution is -0.137. The zero-order chi connectivity index (χ0) is 20.5. The SMILES string of the molecule is CN1C(=O)C(CC(=O)Nc2cc(C(F)(F)F)ccc2Cl)SC1=Nc1nccs1. The Hall–Kier alpha value is -2.11. The monoisotopic (exact) mass is 448 g/mol. The third kappa shape index (κ3) is 4.65. The Morgan fingerprint density at radius 1 is 1.43 bits per heavy atom.